The maximum Gasteiger partial charge on any atom is 0.191 e. The van der Waals surface area contributed by atoms with Crippen LogP contribution in [0.4, 0.5) is 0 Å². The highest BCUT2D eigenvalue weighted by atomic mass is 32.2. The number of nitrogens with one attached hydrogen (secondary N) is 2. The number of guanidine groups is 1. The molecular formula is C15H25N3O3S. The largest absolute Gasteiger partial charge is 0.492 e. The van der Waals surface area contributed by atoms with Gasteiger partial charge in [-0.15, -0.1) is 0 Å². The van der Waals surface area contributed by atoms with Gasteiger partial charge in [0, 0.05) is 19.8 Å². The molecule has 0 aliphatic carbocycles. The summed E-state index contributed by atoms with van der Waals surface area (Å²) in [6, 6.07) is 7.89. The molecule has 0 aliphatic rings. The first-order valence-corrected chi connectivity index (χ1v) is 9.28. The number of nitrogens with zero attached hydrogens (tertiary/aromatic N) is 1. The summed E-state index contributed by atoms with van der Waals surface area (Å²) in [5, 5.41) is 6.18. The molecular weight excluding hydrogens is 302 g/mol. The fourth-order valence-electron chi connectivity index (χ4n) is 1.73. The lowest BCUT2D eigenvalue weighted by molar-refractivity contribution is 0.322. The Balaban J connectivity index is 2.17. The van der Waals surface area contributed by atoms with Crippen molar-refractivity contribution in [3.05, 3.63) is 29.8 Å². The van der Waals surface area contributed by atoms with E-state index in [1.807, 2.05) is 31.2 Å². The Morgan fingerprint density at radius 2 is 1.82 bits per heavy atom. The SMILES string of the molecule is CN=C(NCCCS(C)(=O)=O)NCCOc1ccc(C)cc1. The van der Waals surface area contributed by atoms with E-state index >= 15 is 0 Å². The highest BCUT2D eigenvalue weighted by Gasteiger charge is 2.02. The molecule has 7 heteroatoms. The fraction of sp³-hybridized carbons (Fsp3) is 0.533. The number of aliphatic imine (C=N–C) groups is 1. The Bertz CT molecular complexity index is 568. The van der Waals surface area contributed by atoms with E-state index in [4.69, 9.17) is 4.74 Å². The van der Waals surface area contributed by atoms with Crippen molar-refractivity contribution in [2.24, 2.45) is 4.99 Å². The van der Waals surface area contributed by atoms with Gasteiger partial charge in [0.2, 0.25) is 0 Å². The predicted molar refractivity (Wildman–Crippen MR) is 90.4 cm³/mol. The third kappa shape index (κ3) is 8.51. The number of hydrogen-bond acceptors (Lipinski definition) is 4. The zero-order chi connectivity index (χ0) is 16.4. The van der Waals surface area contributed by atoms with E-state index in [1.54, 1.807) is 7.05 Å². The molecule has 0 saturated carbocycles. The molecule has 0 aromatic heterocycles. The summed E-state index contributed by atoms with van der Waals surface area (Å²) < 4.78 is 27.6. The number of aryl methyl sites for hydroxylation is 1. The molecule has 22 heavy (non-hydrogen) atoms. The van der Waals surface area contributed by atoms with E-state index in [0.29, 0.717) is 32.1 Å². The van der Waals surface area contributed by atoms with E-state index in [9.17, 15) is 8.42 Å². The predicted octanol–water partition coefficient (Wildman–Crippen LogP) is 0.974. The van der Waals surface area contributed by atoms with Crippen molar-refractivity contribution >= 4 is 15.8 Å². The van der Waals surface area contributed by atoms with Gasteiger partial charge < -0.3 is 15.4 Å². The lowest BCUT2D eigenvalue weighted by Gasteiger charge is -2.12. The van der Waals surface area contributed by atoms with Gasteiger partial charge in [0.25, 0.3) is 0 Å². The van der Waals surface area contributed by atoms with Crippen molar-refractivity contribution in [2.75, 3.05) is 38.8 Å². The van der Waals surface area contributed by atoms with Crippen LogP contribution in [0.1, 0.15) is 12.0 Å². The number of rotatable bonds is 8. The quantitative estimate of drug-likeness (QED) is 0.423. The molecule has 1 rings (SSSR count). The van der Waals surface area contributed by atoms with Crippen molar-refractivity contribution in [3.63, 3.8) is 0 Å². The summed E-state index contributed by atoms with van der Waals surface area (Å²) in [6.07, 6.45) is 1.79. The van der Waals surface area contributed by atoms with E-state index < -0.39 is 9.84 Å². The molecule has 0 fully saturated rings. The Morgan fingerprint density at radius 1 is 1.18 bits per heavy atom. The van der Waals surface area contributed by atoms with Gasteiger partial charge in [0.1, 0.15) is 22.2 Å². The molecule has 0 atom stereocenters. The third-order valence-electron chi connectivity index (χ3n) is 2.89. The maximum absolute atomic E-state index is 11.0. The summed E-state index contributed by atoms with van der Waals surface area (Å²) in [4.78, 5) is 4.07. The topological polar surface area (TPSA) is 79.8 Å². The lowest BCUT2D eigenvalue weighted by atomic mass is 10.2. The first kappa shape index (κ1) is 18.3. The summed E-state index contributed by atoms with van der Waals surface area (Å²) in [5.41, 5.74) is 1.20. The van der Waals surface area contributed by atoms with Crippen LogP contribution in [0.25, 0.3) is 0 Å². The minimum absolute atomic E-state index is 0.174. The van der Waals surface area contributed by atoms with E-state index in [2.05, 4.69) is 15.6 Å². The van der Waals surface area contributed by atoms with Gasteiger partial charge in [-0.25, -0.2) is 8.42 Å². The van der Waals surface area contributed by atoms with Crippen LogP contribution in [0.3, 0.4) is 0 Å². The van der Waals surface area contributed by atoms with Gasteiger partial charge in [-0.3, -0.25) is 4.99 Å². The van der Waals surface area contributed by atoms with E-state index in [1.165, 1.54) is 11.8 Å². The molecule has 0 bridgehead atoms. The van der Waals surface area contributed by atoms with Crippen LogP contribution in [0.15, 0.2) is 29.3 Å². The molecule has 0 saturated heterocycles. The van der Waals surface area contributed by atoms with Gasteiger partial charge in [-0.2, -0.15) is 0 Å². The zero-order valence-corrected chi connectivity index (χ0v) is 14.2. The average molecular weight is 327 g/mol. The molecule has 2 N–H and O–H groups in total. The Hall–Kier alpha value is -1.76. The lowest BCUT2D eigenvalue weighted by Crippen LogP contribution is -2.40. The van der Waals surface area contributed by atoms with Crippen LogP contribution in [0, 0.1) is 6.92 Å². The Morgan fingerprint density at radius 3 is 2.41 bits per heavy atom. The van der Waals surface area contributed by atoms with Crippen molar-refractivity contribution in [1.82, 2.24) is 10.6 Å². The molecule has 6 nitrogen and oxygen atoms in total. The zero-order valence-electron chi connectivity index (χ0n) is 13.4. The summed E-state index contributed by atoms with van der Waals surface area (Å²) in [5.74, 6) is 1.65. The second kappa shape index (κ2) is 9.30. The smallest absolute Gasteiger partial charge is 0.191 e. The van der Waals surface area contributed by atoms with Crippen LogP contribution in [-0.2, 0) is 9.84 Å². The third-order valence-corrected chi connectivity index (χ3v) is 3.92. The molecule has 0 amide bonds. The van der Waals surface area contributed by atoms with Crippen molar-refractivity contribution in [3.8, 4) is 5.75 Å². The molecule has 0 aliphatic heterocycles. The number of hydrogen-bond donors (Lipinski definition) is 2. The summed E-state index contributed by atoms with van der Waals surface area (Å²) >= 11 is 0. The summed E-state index contributed by atoms with van der Waals surface area (Å²) in [6.45, 7) is 3.73. The summed E-state index contributed by atoms with van der Waals surface area (Å²) in [7, 11) is -1.23. The minimum Gasteiger partial charge on any atom is -0.492 e. The first-order chi connectivity index (χ1) is 10.4. The first-order valence-electron chi connectivity index (χ1n) is 7.22. The molecule has 1 aromatic carbocycles. The molecule has 1 aromatic rings. The van der Waals surface area contributed by atoms with Gasteiger partial charge in [0.05, 0.1) is 12.3 Å². The van der Waals surface area contributed by atoms with Crippen molar-refractivity contribution in [1.29, 1.82) is 0 Å². The van der Waals surface area contributed by atoms with Crippen LogP contribution in [0.2, 0.25) is 0 Å². The van der Waals surface area contributed by atoms with Crippen molar-refractivity contribution in [2.45, 2.75) is 13.3 Å². The highest BCUT2D eigenvalue weighted by molar-refractivity contribution is 7.90. The molecule has 0 unspecified atom stereocenters. The number of ether oxygens (including phenoxy) is 1. The highest BCUT2D eigenvalue weighted by Crippen LogP contribution is 2.10. The number of benzene rings is 1. The van der Waals surface area contributed by atoms with Crippen LogP contribution >= 0.6 is 0 Å². The second-order valence-corrected chi connectivity index (χ2v) is 7.33. The Labute approximate surface area is 132 Å². The van der Waals surface area contributed by atoms with Gasteiger partial charge in [0.15, 0.2) is 5.96 Å². The Kier molecular flexibility index (Phi) is 7.73. The minimum atomic E-state index is -2.90. The van der Waals surface area contributed by atoms with Crippen LogP contribution < -0.4 is 15.4 Å². The standard InChI is InChI=1S/C15H25N3O3S/c1-13-5-7-14(8-6-13)21-11-10-18-15(16-2)17-9-4-12-22(3,19)20/h5-8H,4,9-12H2,1-3H3,(H2,16,17,18). The van der Waals surface area contributed by atoms with Crippen LogP contribution in [-0.4, -0.2) is 53.1 Å². The maximum atomic E-state index is 11.0. The monoisotopic (exact) mass is 327 g/mol. The van der Waals surface area contributed by atoms with Gasteiger partial charge >= 0.3 is 0 Å². The normalized spacial score (nSPS) is 12.0. The van der Waals surface area contributed by atoms with Gasteiger partial charge in [-0.05, 0) is 25.5 Å². The molecule has 0 spiro atoms. The van der Waals surface area contributed by atoms with E-state index in [0.717, 1.165) is 5.75 Å². The number of sulfone groups is 1. The second-order valence-electron chi connectivity index (χ2n) is 5.07. The molecule has 0 radical (unpaired) electrons. The van der Waals surface area contributed by atoms with Crippen LogP contribution in [0.5, 0.6) is 5.75 Å². The average Bonchev–Trinajstić information content (AvgIpc) is 2.46. The van der Waals surface area contributed by atoms with Gasteiger partial charge in [-0.1, -0.05) is 17.7 Å². The molecule has 0 heterocycles. The molecule has 124 valence electrons. The van der Waals surface area contributed by atoms with Crippen molar-refractivity contribution < 1.29 is 13.2 Å². The fourth-order valence-corrected chi connectivity index (χ4v) is 2.40. The van der Waals surface area contributed by atoms with E-state index in [-0.39, 0.29) is 5.75 Å².